The number of nitrogens with zero attached hydrogens (tertiary/aromatic N) is 4. The van der Waals surface area contributed by atoms with Crippen LogP contribution >= 0.6 is 0 Å². The zero-order chi connectivity index (χ0) is 16.4. The SMILES string of the molecule is CC(C)(C)c1nnc2ccc(NC3C4CCOC4C3(C)C)nn12. The highest BCUT2D eigenvalue weighted by molar-refractivity contribution is 5.46. The number of aromatic nitrogens is 4. The molecule has 3 atom stereocenters. The molecule has 3 unspecified atom stereocenters. The standard InChI is InChI=1S/C17H25N5O/c1-16(2,3)15-20-19-12-7-6-11(21-22(12)15)18-13-10-8-9-23-14(10)17(13,4)5/h6-7,10,13-14H,8-9H2,1-5H3,(H,18,21). The van der Waals surface area contributed by atoms with Crippen molar-refractivity contribution in [3.63, 3.8) is 0 Å². The van der Waals surface area contributed by atoms with Gasteiger partial charge in [0.15, 0.2) is 11.5 Å². The minimum Gasteiger partial charge on any atom is -0.377 e. The first kappa shape index (κ1) is 14.9. The average Bonchev–Trinajstić information content (AvgIpc) is 3.09. The summed E-state index contributed by atoms with van der Waals surface area (Å²) in [5.74, 6) is 2.35. The van der Waals surface area contributed by atoms with Crippen molar-refractivity contribution in [2.75, 3.05) is 11.9 Å². The van der Waals surface area contributed by atoms with Gasteiger partial charge in [-0.1, -0.05) is 34.6 Å². The fourth-order valence-electron chi connectivity index (χ4n) is 4.11. The van der Waals surface area contributed by atoms with Crippen LogP contribution in [0.5, 0.6) is 0 Å². The molecule has 0 spiro atoms. The zero-order valence-electron chi connectivity index (χ0n) is 14.5. The first-order valence-corrected chi connectivity index (χ1v) is 8.39. The van der Waals surface area contributed by atoms with Crippen molar-refractivity contribution >= 4 is 11.5 Å². The number of hydrogen-bond donors (Lipinski definition) is 1. The summed E-state index contributed by atoms with van der Waals surface area (Å²) >= 11 is 0. The van der Waals surface area contributed by atoms with Crippen molar-refractivity contribution in [1.29, 1.82) is 0 Å². The highest BCUT2D eigenvalue weighted by Crippen LogP contribution is 2.53. The Balaban J connectivity index is 1.65. The largest absolute Gasteiger partial charge is 0.377 e. The van der Waals surface area contributed by atoms with Crippen LogP contribution in [-0.4, -0.2) is 38.6 Å². The number of anilines is 1. The van der Waals surface area contributed by atoms with Crippen molar-refractivity contribution in [2.24, 2.45) is 11.3 Å². The van der Waals surface area contributed by atoms with Gasteiger partial charge in [-0.15, -0.1) is 15.3 Å². The van der Waals surface area contributed by atoms with Gasteiger partial charge < -0.3 is 10.1 Å². The molecular formula is C17H25N5O. The van der Waals surface area contributed by atoms with E-state index in [4.69, 9.17) is 9.84 Å². The summed E-state index contributed by atoms with van der Waals surface area (Å²) in [6, 6.07) is 4.37. The van der Waals surface area contributed by atoms with Gasteiger partial charge in [-0.2, -0.15) is 4.52 Å². The number of nitrogens with one attached hydrogen (secondary N) is 1. The fraction of sp³-hybridized carbons (Fsp3) is 0.706. The van der Waals surface area contributed by atoms with E-state index >= 15 is 0 Å². The second-order valence-corrected chi connectivity index (χ2v) is 8.45. The summed E-state index contributed by atoms with van der Waals surface area (Å²) in [7, 11) is 0. The smallest absolute Gasteiger partial charge is 0.178 e. The summed E-state index contributed by atoms with van der Waals surface area (Å²) < 4.78 is 7.73. The summed E-state index contributed by atoms with van der Waals surface area (Å²) in [5, 5.41) is 16.9. The van der Waals surface area contributed by atoms with Crippen molar-refractivity contribution in [3.05, 3.63) is 18.0 Å². The van der Waals surface area contributed by atoms with Crippen LogP contribution in [-0.2, 0) is 10.2 Å². The number of fused-ring (bicyclic) bond motifs is 2. The Morgan fingerprint density at radius 3 is 2.78 bits per heavy atom. The predicted octanol–water partition coefficient (Wildman–Crippen LogP) is 2.65. The monoisotopic (exact) mass is 315 g/mol. The summed E-state index contributed by atoms with van der Waals surface area (Å²) in [5.41, 5.74) is 0.832. The molecule has 2 aliphatic rings. The minimum absolute atomic E-state index is 0.0921. The van der Waals surface area contributed by atoms with Gasteiger partial charge >= 0.3 is 0 Å². The molecule has 6 nitrogen and oxygen atoms in total. The first-order chi connectivity index (χ1) is 10.8. The summed E-state index contributed by atoms with van der Waals surface area (Å²) in [4.78, 5) is 0. The van der Waals surface area contributed by atoms with Crippen LogP contribution in [0.4, 0.5) is 5.82 Å². The van der Waals surface area contributed by atoms with E-state index < -0.39 is 0 Å². The van der Waals surface area contributed by atoms with E-state index in [-0.39, 0.29) is 10.8 Å². The number of rotatable bonds is 2. The van der Waals surface area contributed by atoms with Gasteiger partial charge in [0.2, 0.25) is 0 Å². The van der Waals surface area contributed by atoms with Gasteiger partial charge in [0.1, 0.15) is 5.82 Å². The van der Waals surface area contributed by atoms with Crippen molar-refractivity contribution in [1.82, 2.24) is 19.8 Å². The van der Waals surface area contributed by atoms with Gasteiger partial charge in [0.05, 0.1) is 6.10 Å². The molecule has 23 heavy (non-hydrogen) atoms. The van der Waals surface area contributed by atoms with E-state index in [0.29, 0.717) is 18.1 Å². The normalized spacial score (nSPS) is 29.3. The average molecular weight is 315 g/mol. The lowest BCUT2D eigenvalue weighted by Gasteiger charge is -2.54. The lowest BCUT2D eigenvalue weighted by molar-refractivity contribution is -0.0924. The van der Waals surface area contributed by atoms with E-state index in [1.807, 2.05) is 16.6 Å². The van der Waals surface area contributed by atoms with E-state index in [1.165, 1.54) is 0 Å². The molecule has 1 saturated carbocycles. The van der Waals surface area contributed by atoms with Crippen molar-refractivity contribution < 1.29 is 4.74 Å². The molecule has 4 rings (SSSR count). The molecule has 6 heteroatoms. The van der Waals surface area contributed by atoms with Crippen LogP contribution in [0.2, 0.25) is 0 Å². The van der Waals surface area contributed by atoms with Crippen LogP contribution in [0.3, 0.4) is 0 Å². The molecule has 0 aromatic carbocycles. The lowest BCUT2D eigenvalue weighted by Crippen LogP contribution is -2.63. The Labute approximate surface area is 136 Å². The maximum atomic E-state index is 5.87. The third kappa shape index (κ3) is 2.15. The van der Waals surface area contributed by atoms with Crippen LogP contribution in [0.25, 0.3) is 5.65 Å². The fourth-order valence-corrected chi connectivity index (χ4v) is 4.11. The van der Waals surface area contributed by atoms with Crippen LogP contribution < -0.4 is 5.32 Å². The van der Waals surface area contributed by atoms with E-state index in [0.717, 1.165) is 30.3 Å². The molecule has 124 valence electrons. The Bertz CT molecular complexity index is 745. The molecule has 0 radical (unpaired) electrons. The maximum Gasteiger partial charge on any atom is 0.178 e. The Morgan fingerprint density at radius 1 is 1.26 bits per heavy atom. The second kappa shape index (κ2) is 4.66. The third-order valence-electron chi connectivity index (χ3n) is 5.34. The molecule has 0 amide bonds. The van der Waals surface area contributed by atoms with Crippen LogP contribution in [0.15, 0.2) is 12.1 Å². The maximum absolute atomic E-state index is 5.87. The van der Waals surface area contributed by atoms with Crippen LogP contribution in [0.1, 0.15) is 46.9 Å². The predicted molar refractivity (Wildman–Crippen MR) is 88.5 cm³/mol. The molecule has 2 aromatic rings. The minimum atomic E-state index is -0.0921. The molecule has 3 heterocycles. The van der Waals surface area contributed by atoms with Crippen molar-refractivity contribution in [3.8, 4) is 0 Å². The first-order valence-electron chi connectivity index (χ1n) is 8.39. The molecule has 1 aliphatic heterocycles. The van der Waals surface area contributed by atoms with Gasteiger partial charge in [0.25, 0.3) is 0 Å². The molecule has 2 aromatic heterocycles. The third-order valence-corrected chi connectivity index (χ3v) is 5.34. The topological polar surface area (TPSA) is 64.3 Å². The quantitative estimate of drug-likeness (QED) is 0.923. The Kier molecular flexibility index (Phi) is 3.01. The highest BCUT2D eigenvalue weighted by Gasteiger charge is 2.59. The Morgan fingerprint density at radius 2 is 2.04 bits per heavy atom. The van der Waals surface area contributed by atoms with Crippen molar-refractivity contribution in [2.45, 2.75) is 58.6 Å². The van der Waals surface area contributed by atoms with E-state index in [2.05, 4.69) is 50.1 Å². The Hall–Kier alpha value is -1.69. The van der Waals surface area contributed by atoms with E-state index in [9.17, 15) is 0 Å². The van der Waals surface area contributed by atoms with Crippen LogP contribution in [0, 0.1) is 11.3 Å². The zero-order valence-corrected chi connectivity index (χ0v) is 14.5. The van der Waals surface area contributed by atoms with Gasteiger partial charge in [-0.25, -0.2) is 0 Å². The lowest BCUT2D eigenvalue weighted by atomic mass is 9.57. The van der Waals surface area contributed by atoms with Gasteiger partial charge in [-0.3, -0.25) is 0 Å². The van der Waals surface area contributed by atoms with E-state index in [1.54, 1.807) is 0 Å². The van der Waals surface area contributed by atoms with Gasteiger partial charge in [-0.05, 0) is 18.6 Å². The molecule has 1 N–H and O–H groups in total. The second-order valence-electron chi connectivity index (χ2n) is 8.45. The summed E-state index contributed by atoms with van der Waals surface area (Å²) in [6.07, 6.45) is 1.51. The summed E-state index contributed by atoms with van der Waals surface area (Å²) in [6.45, 7) is 11.8. The number of ether oxygens (including phenoxy) is 1. The molecule has 1 aliphatic carbocycles. The molecule has 1 saturated heterocycles. The molecule has 0 bridgehead atoms. The van der Waals surface area contributed by atoms with Gasteiger partial charge in [0, 0.05) is 29.4 Å². The molecule has 2 fully saturated rings. The number of hydrogen-bond acceptors (Lipinski definition) is 5. The highest BCUT2D eigenvalue weighted by atomic mass is 16.5. The molecular weight excluding hydrogens is 290 g/mol.